The highest BCUT2D eigenvalue weighted by Crippen LogP contribution is 2.52. The van der Waals surface area contributed by atoms with E-state index in [0.29, 0.717) is 0 Å². The van der Waals surface area contributed by atoms with Crippen molar-refractivity contribution in [2.24, 2.45) is 0 Å². The molecular weight excluding hydrogens is 504 g/mol. The summed E-state index contributed by atoms with van der Waals surface area (Å²) in [5, 5.41) is 5.48. The van der Waals surface area contributed by atoms with Crippen molar-refractivity contribution in [3.05, 3.63) is 131 Å². The predicted octanol–water partition coefficient (Wildman–Crippen LogP) is 11.9. The van der Waals surface area contributed by atoms with Gasteiger partial charge in [0.05, 0.1) is 0 Å². The number of rotatable bonds is 2. The lowest BCUT2D eigenvalue weighted by molar-refractivity contribution is 1.25. The average Bonchev–Trinajstić information content (AvgIpc) is 3.53. The van der Waals surface area contributed by atoms with Crippen molar-refractivity contribution in [1.29, 1.82) is 0 Å². The SMILES string of the molecule is Cc1c(C)c(-c2ccc3c4c(cccc24)-c2ccccc2-3)c(C)c(C)c1-c1ccc2c3c(cccc13)-c1ccccc1-2. The van der Waals surface area contributed by atoms with Gasteiger partial charge in [0.1, 0.15) is 0 Å². The van der Waals surface area contributed by atoms with Crippen LogP contribution in [0, 0.1) is 27.7 Å². The number of hydrogen-bond acceptors (Lipinski definition) is 0. The second-order valence-electron chi connectivity index (χ2n) is 12.1. The molecule has 0 aromatic heterocycles. The predicted molar refractivity (Wildman–Crippen MR) is 180 cm³/mol. The molecule has 0 amide bonds. The zero-order chi connectivity index (χ0) is 28.3. The summed E-state index contributed by atoms with van der Waals surface area (Å²) in [7, 11) is 0. The molecule has 0 N–H and O–H groups in total. The van der Waals surface area contributed by atoms with Gasteiger partial charge in [0.25, 0.3) is 0 Å². The molecule has 7 aromatic carbocycles. The van der Waals surface area contributed by atoms with Gasteiger partial charge in [-0.15, -0.1) is 0 Å². The maximum absolute atomic E-state index is 2.37. The zero-order valence-corrected chi connectivity index (χ0v) is 24.4. The number of fused-ring (bicyclic) bond motifs is 6. The Morgan fingerprint density at radius 2 is 0.548 bits per heavy atom. The lowest BCUT2D eigenvalue weighted by atomic mass is 9.80. The maximum Gasteiger partial charge on any atom is -0.00201 e. The van der Waals surface area contributed by atoms with Crippen LogP contribution in [0.5, 0.6) is 0 Å². The Bertz CT molecular complexity index is 2080. The van der Waals surface area contributed by atoms with Crippen molar-refractivity contribution < 1.29 is 0 Å². The molecular formula is C42H30. The van der Waals surface area contributed by atoms with Gasteiger partial charge >= 0.3 is 0 Å². The van der Waals surface area contributed by atoms with Crippen molar-refractivity contribution in [3.63, 3.8) is 0 Å². The molecule has 42 heavy (non-hydrogen) atoms. The topological polar surface area (TPSA) is 0 Å². The van der Waals surface area contributed by atoms with Crippen LogP contribution in [0.4, 0.5) is 0 Å². The van der Waals surface area contributed by atoms with Crippen molar-refractivity contribution >= 4 is 21.5 Å². The molecule has 0 spiro atoms. The van der Waals surface area contributed by atoms with Crippen LogP contribution in [0.15, 0.2) is 109 Å². The van der Waals surface area contributed by atoms with E-state index in [2.05, 4.69) is 137 Å². The molecule has 0 heteroatoms. The van der Waals surface area contributed by atoms with E-state index in [1.807, 2.05) is 0 Å². The summed E-state index contributed by atoms with van der Waals surface area (Å²) in [5.74, 6) is 0. The summed E-state index contributed by atoms with van der Waals surface area (Å²) in [6.07, 6.45) is 0. The molecule has 0 saturated heterocycles. The molecule has 9 rings (SSSR count). The number of hydrogen-bond donors (Lipinski definition) is 0. The minimum Gasteiger partial charge on any atom is -0.0616 e. The first-order valence-electron chi connectivity index (χ1n) is 15.0. The van der Waals surface area contributed by atoms with Gasteiger partial charge in [0.2, 0.25) is 0 Å². The second kappa shape index (κ2) is 8.30. The van der Waals surface area contributed by atoms with Crippen LogP contribution in [0.2, 0.25) is 0 Å². The summed E-state index contributed by atoms with van der Waals surface area (Å²) >= 11 is 0. The molecule has 0 fully saturated rings. The summed E-state index contributed by atoms with van der Waals surface area (Å²) in [6.45, 7) is 9.31. The number of benzene rings is 7. The van der Waals surface area contributed by atoms with E-state index in [9.17, 15) is 0 Å². The smallest absolute Gasteiger partial charge is 0.00201 e. The third kappa shape index (κ3) is 2.87. The van der Waals surface area contributed by atoms with Crippen LogP contribution in [-0.4, -0.2) is 0 Å². The lowest BCUT2D eigenvalue weighted by Gasteiger charge is -2.23. The van der Waals surface area contributed by atoms with Crippen molar-refractivity contribution in [3.8, 4) is 66.8 Å². The minimum atomic E-state index is 1.34. The fourth-order valence-electron chi connectivity index (χ4n) is 8.17. The van der Waals surface area contributed by atoms with Gasteiger partial charge in [-0.25, -0.2) is 0 Å². The van der Waals surface area contributed by atoms with E-state index >= 15 is 0 Å². The first-order chi connectivity index (χ1) is 20.5. The highest BCUT2D eigenvalue weighted by Gasteiger charge is 2.27. The molecule has 0 atom stereocenters. The third-order valence-electron chi connectivity index (χ3n) is 10.3. The Morgan fingerprint density at radius 1 is 0.262 bits per heavy atom. The first-order valence-corrected chi connectivity index (χ1v) is 15.0. The van der Waals surface area contributed by atoms with E-state index in [1.54, 1.807) is 0 Å². The zero-order valence-electron chi connectivity index (χ0n) is 24.4. The van der Waals surface area contributed by atoms with Crippen molar-refractivity contribution in [2.45, 2.75) is 27.7 Å². The van der Waals surface area contributed by atoms with E-state index in [0.717, 1.165) is 0 Å². The fraction of sp³-hybridized carbons (Fsp3) is 0.0952. The summed E-state index contributed by atoms with van der Waals surface area (Å²) in [5.41, 5.74) is 21.7. The summed E-state index contributed by atoms with van der Waals surface area (Å²) in [4.78, 5) is 0. The van der Waals surface area contributed by atoms with Gasteiger partial charge in [-0.2, -0.15) is 0 Å². The van der Waals surface area contributed by atoms with E-state index < -0.39 is 0 Å². The van der Waals surface area contributed by atoms with Crippen LogP contribution in [0.3, 0.4) is 0 Å². The highest BCUT2D eigenvalue weighted by molar-refractivity contribution is 6.20. The van der Waals surface area contributed by atoms with Gasteiger partial charge in [-0.05, 0) is 138 Å². The maximum atomic E-state index is 2.37. The van der Waals surface area contributed by atoms with Crippen molar-refractivity contribution in [1.82, 2.24) is 0 Å². The molecule has 198 valence electrons. The van der Waals surface area contributed by atoms with Gasteiger partial charge in [-0.1, -0.05) is 109 Å². The fourth-order valence-corrected chi connectivity index (χ4v) is 8.17. The summed E-state index contributed by atoms with van der Waals surface area (Å²) in [6, 6.07) is 40.8. The Labute approximate surface area is 246 Å². The minimum absolute atomic E-state index is 1.34. The molecule has 0 nitrogen and oxygen atoms in total. The molecule has 0 unspecified atom stereocenters. The van der Waals surface area contributed by atoms with Crippen LogP contribution in [0.1, 0.15) is 22.3 Å². The van der Waals surface area contributed by atoms with Crippen LogP contribution >= 0.6 is 0 Å². The van der Waals surface area contributed by atoms with Crippen molar-refractivity contribution in [2.75, 3.05) is 0 Å². The Balaban J connectivity index is 1.29. The second-order valence-corrected chi connectivity index (χ2v) is 12.1. The van der Waals surface area contributed by atoms with E-state index in [1.165, 1.54) is 111 Å². The van der Waals surface area contributed by atoms with Gasteiger partial charge in [0, 0.05) is 0 Å². The van der Waals surface area contributed by atoms with Gasteiger partial charge in [-0.3, -0.25) is 0 Å². The molecule has 0 radical (unpaired) electrons. The molecule has 0 aliphatic heterocycles. The van der Waals surface area contributed by atoms with Gasteiger partial charge in [0.15, 0.2) is 0 Å². The molecule has 0 bridgehead atoms. The standard InChI is InChI=1S/C42H30/c1-23-24(2)40(38-22-20-36-30-14-8-6-12-28(30)32-16-10-18-34(38)42(32)36)26(4)25(3)39(23)37-21-19-35-29-13-7-5-11-27(29)31-15-9-17-33(37)41(31)35/h5-22H,1-4H3. The Hall–Kier alpha value is -4.94. The average molecular weight is 535 g/mol. The van der Waals surface area contributed by atoms with Gasteiger partial charge < -0.3 is 0 Å². The molecule has 2 aliphatic carbocycles. The molecule has 2 aliphatic rings. The molecule has 7 aromatic rings. The molecule has 0 saturated carbocycles. The van der Waals surface area contributed by atoms with Crippen LogP contribution < -0.4 is 0 Å². The Morgan fingerprint density at radius 3 is 0.905 bits per heavy atom. The Kier molecular flexibility index (Phi) is 4.69. The monoisotopic (exact) mass is 534 g/mol. The van der Waals surface area contributed by atoms with E-state index in [4.69, 9.17) is 0 Å². The largest absolute Gasteiger partial charge is 0.0616 e. The van der Waals surface area contributed by atoms with Crippen LogP contribution in [-0.2, 0) is 0 Å². The highest BCUT2D eigenvalue weighted by atomic mass is 14.3. The molecule has 0 heterocycles. The first kappa shape index (κ1) is 23.7. The summed E-state index contributed by atoms with van der Waals surface area (Å²) < 4.78 is 0. The lowest BCUT2D eigenvalue weighted by Crippen LogP contribution is -2.01. The normalized spacial score (nSPS) is 12.3. The van der Waals surface area contributed by atoms with Crippen LogP contribution in [0.25, 0.3) is 88.3 Å². The quantitative estimate of drug-likeness (QED) is 0.207. The van der Waals surface area contributed by atoms with E-state index in [-0.39, 0.29) is 0 Å². The third-order valence-corrected chi connectivity index (χ3v) is 10.3.